The Hall–Kier alpha value is -3.55. The van der Waals surface area contributed by atoms with Gasteiger partial charge in [-0.2, -0.15) is 4.99 Å². The highest BCUT2D eigenvalue weighted by Crippen LogP contribution is 2.29. The minimum Gasteiger partial charge on any atom is -0.437 e. The predicted molar refractivity (Wildman–Crippen MR) is 92.0 cm³/mol. The maximum Gasteiger partial charge on any atom is 0.296 e. The largest absolute Gasteiger partial charge is 0.437 e. The lowest BCUT2D eigenvalue weighted by Gasteiger charge is -2.06. The van der Waals surface area contributed by atoms with Crippen LogP contribution in [0.1, 0.15) is 10.5 Å². The molecule has 0 radical (unpaired) electrons. The van der Waals surface area contributed by atoms with Gasteiger partial charge in [0.25, 0.3) is 5.91 Å². The fourth-order valence-electron chi connectivity index (χ4n) is 2.15. The average Bonchev–Trinajstić information content (AvgIpc) is 3.00. The van der Waals surface area contributed by atoms with Crippen molar-refractivity contribution in [3.63, 3.8) is 0 Å². The number of aromatic amines is 1. The molecule has 1 aromatic carbocycles. The van der Waals surface area contributed by atoms with Crippen molar-refractivity contribution in [2.45, 2.75) is 0 Å². The molecule has 122 valence electrons. The van der Waals surface area contributed by atoms with Gasteiger partial charge in [0.05, 0.1) is 5.52 Å². The number of nitrogens with zero attached hydrogens (tertiary/aromatic N) is 2. The van der Waals surface area contributed by atoms with E-state index in [1.54, 1.807) is 37.5 Å². The van der Waals surface area contributed by atoms with Crippen molar-refractivity contribution >= 4 is 28.5 Å². The van der Waals surface area contributed by atoms with Crippen LogP contribution in [-0.4, -0.2) is 28.9 Å². The quantitative estimate of drug-likeness (QED) is 0.427. The molecule has 0 aliphatic heterocycles. The van der Waals surface area contributed by atoms with Crippen LogP contribution in [0.4, 0.5) is 5.69 Å². The highest BCUT2D eigenvalue weighted by molar-refractivity contribution is 6.04. The number of guanidine groups is 1. The van der Waals surface area contributed by atoms with E-state index >= 15 is 0 Å². The van der Waals surface area contributed by atoms with E-state index in [2.05, 4.69) is 20.3 Å². The van der Waals surface area contributed by atoms with Crippen molar-refractivity contribution in [1.82, 2.24) is 15.3 Å². The van der Waals surface area contributed by atoms with Crippen LogP contribution in [0.25, 0.3) is 10.9 Å². The predicted octanol–water partition coefficient (Wildman–Crippen LogP) is 1.61. The lowest BCUT2D eigenvalue weighted by atomic mass is 10.2. The maximum absolute atomic E-state index is 12.1. The van der Waals surface area contributed by atoms with Crippen molar-refractivity contribution in [2.24, 2.45) is 10.7 Å². The van der Waals surface area contributed by atoms with Crippen LogP contribution in [0.3, 0.4) is 0 Å². The summed E-state index contributed by atoms with van der Waals surface area (Å²) in [5.41, 5.74) is 12.7. The molecule has 24 heavy (non-hydrogen) atoms. The Labute approximate surface area is 137 Å². The number of hydrogen-bond acceptors (Lipinski definition) is 4. The lowest BCUT2D eigenvalue weighted by molar-refractivity contribution is 0.0998. The second kappa shape index (κ2) is 6.29. The third-order valence-corrected chi connectivity index (χ3v) is 3.30. The summed E-state index contributed by atoms with van der Waals surface area (Å²) in [7, 11) is 1.59. The maximum atomic E-state index is 12.1. The first-order valence-electron chi connectivity index (χ1n) is 7.14. The van der Waals surface area contributed by atoms with Gasteiger partial charge in [-0.3, -0.25) is 4.79 Å². The Bertz CT molecular complexity index is 931. The van der Waals surface area contributed by atoms with Crippen LogP contribution in [0.2, 0.25) is 0 Å². The number of para-hydroxylation sites is 1. The summed E-state index contributed by atoms with van der Waals surface area (Å²) in [5, 5.41) is 3.40. The number of hydrogen-bond donors (Lipinski definition) is 4. The fraction of sp³-hybridized carbons (Fsp3) is 0.0625. The number of nitrogens with one attached hydrogen (secondary N) is 2. The van der Waals surface area contributed by atoms with Crippen LogP contribution >= 0.6 is 0 Å². The Balaban J connectivity index is 1.97. The molecule has 0 spiro atoms. The van der Waals surface area contributed by atoms with Crippen molar-refractivity contribution in [3.8, 4) is 11.6 Å². The second-order valence-corrected chi connectivity index (χ2v) is 4.99. The van der Waals surface area contributed by atoms with E-state index in [0.29, 0.717) is 28.5 Å². The van der Waals surface area contributed by atoms with Crippen molar-refractivity contribution in [2.75, 3.05) is 12.8 Å². The molecule has 0 unspecified atom stereocenters. The number of aromatic nitrogens is 2. The molecule has 3 aromatic rings. The van der Waals surface area contributed by atoms with Crippen molar-refractivity contribution in [1.29, 1.82) is 0 Å². The molecule has 8 nitrogen and oxygen atoms in total. The summed E-state index contributed by atoms with van der Waals surface area (Å²) >= 11 is 0. The molecule has 2 heterocycles. The smallest absolute Gasteiger partial charge is 0.296 e. The number of rotatable bonds is 3. The van der Waals surface area contributed by atoms with Crippen LogP contribution < -0.4 is 21.5 Å². The number of amides is 1. The summed E-state index contributed by atoms with van der Waals surface area (Å²) in [6, 6.07) is 10.4. The number of benzene rings is 1. The van der Waals surface area contributed by atoms with Gasteiger partial charge >= 0.3 is 0 Å². The standard InChI is InChI=1S/C16H16N6O2/c1-19-16(18)22-15(23)11-7-9-3-2-4-12(14(9)21-11)24-13-8-10(17)5-6-20-13/h2-8,21H,1H3,(H2,17,20)(H3,18,19,22,23). The molecule has 0 fully saturated rings. The summed E-state index contributed by atoms with van der Waals surface area (Å²) in [6.07, 6.45) is 1.56. The number of anilines is 1. The molecule has 1 amide bonds. The zero-order valence-electron chi connectivity index (χ0n) is 12.9. The molecule has 0 saturated heterocycles. The molecule has 8 heteroatoms. The minimum absolute atomic E-state index is 0.0408. The van der Waals surface area contributed by atoms with E-state index in [0.717, 1.165) is 5.39 Å². The number of carbonyl (C=O) groups is 1. The van der Waals surface area contributed by atoms with Crippen LogP contribution in [0.5, 0.6) is 11.6 Å². The molecule has 3 rings (SSSR count). The topological polar surface area (TPSA) is 131 Å². The summed E-state index contributed by atoms with van der Waals surface area (Å²) in [6.45, 7) is 0. The first-order valence-corrected chi connectivity index (χ1v) is 7.14. The number of pyridine rings is 1. The first-order chi connectivity index (χ1) is 11.6. The normalized spacial score (nSPS) is 11.5. The van der Waals surface area contributed by atoms with Crippen LogP contribution in [0.15, 0.2) is 47.6 Å². The number of ether oxygens (including phenoxy) is 1. The van der Waals surface area contributed by atoms with Gasteiger partial charge < -0.3 is 26.5 Å². The number of nitrogens with two attached hydrogens (primary N) is 2. The third kappa shape index (κ3) is 3.12. The monoisotopic (exact) mass is 324 g/mol. The number of aliphatic imine (C=N–C) groups is 1. The van der Waals surface area contributed by atoms with Gasteiger partial charge in [0.1, 0.15) is 5.69 Å². The summed E-state index contributed by atoms with van der Waals surface area (Å²) < 4.78 is 5.76. The van der Waals surface area contributed by atoms with E-state index in [4.69, 9.17) is 16.2 Å². The third-order valence-electron chi connectivity index (χ3n) is 3.30. The van der Waals surface area contributed by atoms with Crippen molar-refractivity contribution < 1.29 is 9.53 Å². The molecule has 6 N–H and O–H groups in total. The van der Waals surface area contributed by atoms with E-state index in [1.807, 2.05) is 12.1 Å². The van der Waals surface area contributed by atoms with E-state index in [1.165, 1.54) is 0 Å². The van der Waals surface area contributed by atoms with Gasteiger partial charge in [0.15, 0.2) is 11.7 Å². The van der Waals surface area contributed by atoms with E-state index in [-0.39, 0.29) is 5.96 Å². The van der Waals surface area contributed by atoms with Gasteiger partial charge in [0, 0.05) is 30.4 Å². The van der Waals surface area contributed by atoms with Gasteiger partial charge in [0.2, 0.25) is 5.88 Å². The van der Waals surface area contributed by atoms with Crippen LogP contribution in [-0.2, 0) is 0 Å². The van der Waals surface area contributed by atoms with E-state index in [9.17, 15) is 4.79 Å². The zero-order chi connectivity index (χ0) is 17.1. The molecule has 0 saturated carbocycles. The summed E-state index contributed by atoms with van der Waals surface area (Å²) in [5.74, 6) is 0.447. The molecular weight excluding hydrogens is 308 g/mol. The SMILES string of the molecule is CNC(N)=NC(=O)c1cc2cccc(Oc3cc(N)ccn3)c2[nH]1. The summed E-state index contributed by atoms with van der Waals surface area (Å²) in [4.78, 5) is 22.9. The average molecular weight is 324 g/mol. The number of nitrogen functional groups attached to an aromatic ring is 1. The number of H-pyrrole nitrogens is 1. The zero-order valence-corrected chi connectivity index (χ0v) is 12.9. The van der Waals surface area contributed by atoms with Gasteiger partial charge in [-0.1, -0.05) is 12.1 Å². The Morgan fingerprint density at radius 2 is 2.17 bits per heavy atom. The highest BCUT2D eigenvalue weighted by atomic mass is 16.5. The molecule has 0 aliphatic rings. The van der Waals surface area contributed by atoms with Gasteiger partial charge in [-0.05, 0) is 18.2 Å². The molecule has 0 bridgehead atoms. The molecular formula is C16H16N6O2. The van der Waals surface area contributed by atoms with Crippen LogP contribution in [0, 0.1) is 0 Å². The van der Waals surface area contributed by atoms with E-state index < -0.39 is 5.91 Å². The first kappa shape index (κ1) is 15.3. The highest BCUT2D eigenvalue weighted by Gasteiger charge is 2.13. The molecule has 0 aliphatic carbocycles. The Kier molecular flexibility index (Phi) is 4.02. The molecule has 2 aromatic heterocycles. The van der Waals surface area contributed by atoms with Crippen molar-refractivity contribution in [3.05, 3.63) is 48.3 Å². The Morgan fingerprint density at radius 1 is 1.33 bits per heavy atom. The fourth-order valence-corrected chi connectivity index (χ4v) is 2.15. The minimum atomic E-state index is -0.480. The lowest BCUT2D eigenvalue weighted by Crippen LogP contribution is -2.28. The Morgan fingerprint density at radius 3 is 2.92 bits per heavy atom. The number of carbonyl (C=O) groups excluding carboxylic acids is 1. The number of fused-ring (bicyclic) bond motifs is 1. The molecule has 0 atom stereocenters. The second-order valence-electron chi connectivity index (χ2n) is 4.99. The van der Waals surface area contributed by atoms with Gasteiger partial charge in [-0.15, -0.1) is 0 Å². The van der Waals surface area contributed by atoms with Gasteiger partial charge in [-0.25, -0.2) is 4.98 Å².